The van der Waals surface area contributed by atoms with Gasteiger partial charge in [-0.15, -0.1) is 0 Å². The molecule has 0 saturated heterocycles. The molecule has 0 aliphatic rings. The standard InChI is InChI=1S/C8H8BrN5O3S/c1-4-12-8(17-13-4)14-18(15,16)6-2-5(9)3-11-7(6)10/h2-3H,1H3,(H2,10,11)(H,12,13,14). The van der Waals surface area contributed by atoms with Crippen LogP contribution in [-0.2, 0) is 10.0 Å². The van der Waals surface area contributed by atoms with Crippen molar-refractivity contribution in [1.82, 2.24) is 15.1 Å². The molecule has 2 heterocycles. The predicted octanol–water partition coefficient (Wildman–Crippen LogP) is 0.919. The molecule has 96 valence electrons. The van der Waals surface area contributed by atoms with E-state index in [0.29, 0.717) is 10.3 Å². The maximum atomic E-state index is 12.0. The van der Waals surface area contributed by atoms with E-state index in [0.717, 1.165) is 0 Å². The van der Waals surface area contributed by atoms with Gasteiger partial charge in [-0.1, -0.05) is 5.16 Å². The molecule has 2 aromatic heterocycles. The van der Waals surface area contributed by atoms with Crippen molar-refractivity contribution in [3.63, 3.8) is 0 Å². The Morgan fingerprint density at radius 2 is 2.22 bits per heavy atom. The number of sulfonamides is 1. The summed E-state index contributed by atoms with van der Waals surface area (Å²) in [5.74, 6) is 0.190. The third-order valence-corrected chi connectivity index (χ3v) is 3.67. The van der Waals surface area contributed by atoms with Gasteiger partial charge in [0.15, 0.2) is 5.82 Å². The molecule has 0 atom stereocenters. The van der Waals surface area contributed by atoms with Gasteiger partial charge in [-0.3, -0.25) is 0 Å². The topological polar surface area (TPSA) is 124 Å². The zero-order chi connectivity index (χ0) is 13.3. The SMILES string of the molecule is Cc1noc(NS(=O)(=O)c2cc(Br)cnc2N)n1. The summed E-state index contributed by atoms with van der Waals surface area (Å²) >= 11 is 3.12. The molecular weight excluding hydrogens is 326 g/mol. The minimum absolute atomic E-state index is 0.123. The smallest absolute Gasteiger partial charge is 0.335 e. The van der Waals surface area contributed by atoms with Gasteiger partial charge < -0.3 is 10.3 Å². The number of aryl methyl sites for hydroxylation is 1. The van der Waals surface area contributed by atoms with E-state index in [2.05, 4.69) is 40.3 Å². The summed E-state index contributed by atoms with van der Waals surface area (Å²) in [6, 6.07) is 1.10. The van der Waals surface area contributed by atoms with Crippen molar-refractivity contribution in [3.8, 4) is 0 Å². The Balaban J connectivity index is 2.39. The van der Waals surface area contributed by atoms with Crippen LogP contribution in [0.4, 0.5) is 11.8 Å². The maximum Gasteiger partial charge on any atom is 0.335 e. The minimum Gasteiger partial charge on any atom is -0.383 e. The van der Waals surface area contributed by atoms with Crippen LogP contribution in [0.25, 0.3) is 0 Å². The summed E-state index contributed by atoms with van der Waals surface area (Å²) in [6.45, 7) is 1.57. The fourth-order valence-electron chi connectivity index (χ4n) is 1.15. The molecule has 0 unspecified atom stereocenters. The number of halogens is 1. The molecule has 0 bridgehead atoms. The van der Waals surface area contributed by atoms with Crippen LogP contribution in [0, 0.1) is 6.92 Å². The number of nitrogens with zero attached hydrogens (tertiary/aromatic N) is 3. The van der Waals surface area contributed by atoms with Crippen LogP contribution in [0.3, 0.4) is 0 Å². The molecule has 10 heteroatoms. The summed E-state index contributed by atoms with van der Waals surface area (Å²) in [7, 11) is -3.92. The van der Waals surface area contributed by atoms with Crippen molar-refractivity contribution >= 4 is 37.8 Å². The van der Waals surface area contributed by atoms with Gasteiger partial charge in [-0.25, -0.2) is 18.1 Å². The highest BCUT2D eigenvalue weighted by Crippen LogP contribution is 2.22. The first-order valence-electron chi connectivity index (χ1n) is 4.62. The molecule has 0 spiro atoms. The van der Waals surface area contributed by atoms with Crippen LogP contribution in [0.15, 0.2) is 26.2 Å². The molecule has 18 heavy (non-hydrogen) atoms. The number of nitrogen functional groups attached to an aromatic ring is 1. The van der Waals surface area contributed by atoms with Crippen molar-refractivity contribution in [1.29, 1.82) is 0 Å². The quantitative estimate of drug-likeness (QED) is 0.855. The van der Waals surface area contributed by atoms with Gasteiger partial charge in [0.25, 0.3) is 10.0 Å². The average molecular weight is 334 g/mol. The Bertz CT molecular complexity index is 684. The van der Waals surface area contributed by atoms with Gasteiger partial charge in [0.05, 0.1) is 0 Å². The van der Waals surface area contributed by atoms with Gasteiger partial charge in [0.2, 0.25) is 0 Å². The lowest BCUT2D eigenvalue weighted by Crippen LogP contribution is -2.15. The molecule has 3 N–H and O–H groups in total. The average Bonchev–Trinajstić information content (AvgIpc) is 2.66. The van der Waals surface area contributed by atoms with Crippen LogP contribution < -0.4 is 10.5 Å². The number of hydrogen-bond donors (Lipinski definition) is 2. The molecule has 0 saturated carbocycles. The molecule has 2 rings (SSSR count). The Labute approximate surface area is 111 Å². The van der Waals surface area contributed by atoms with Crippen LogP contribution >= 0.6 is 15.9 Å². The van der Waals surface area contributed by atoms with Gasteiger partial charge in [0, 0.05) is 10.7 Å². The molecule has 8 nitrogen and oxygen atoms in total. The first-order valence-corrected chi connectivity index (χ1v) is 6.90. The Morgan fingerprint density at radius 3 is 2.83 bits per heavy atom. The first-order chi connectivity index (χ1) is 8.38. The lowest BCUT2D eigenvalue weighted by Gasteiger charge is -2.06. The van der Waals surface area contributed by atoms with Crippen LogP contribution in [0.1, 0.15) is 5.82 Å². The Kier molecular flexibility index (Phi) is 3.22. The summed E-state index contributed by atoms with van der Waals surface area (Å²) in [6.07, 6.45) is 1.39. The summed E-state index contributed by atoms with van der Waals surface area (Å²) in [4.78, 5) is 7.30. The fourth-order valence-corrected chi connectivity index (χ4v) is 2.67. The minimum atomic E-state index is -3.92. The van der Waals surface area contributed by atoms with E-state index in [4.69, 9.17) is 5.73 Å². The van der Waals surface area contributed by atoms with Crippen molar-refractivity contribution in [3.05, 3.63) is 22.6 Å². The predicted molar refractivity (Wildman–Crippen MR) is 66.2 cm³/mol. The highest BCUT2D eigenvalue weighted by Gasteiger charge is 2.21. The summed E-state index contributed by atoms with van der Waals surface area (Å²) in [5, 5.41) is 3.47. The molecular formula is C8H8BrN5O3S. The number of anilines is 2. The Hall–Kier alpha value is -1.68. The van der Waals surface area contributed by atoms with E-state index >= 15 is 0 Å². The highest BCUT2D eigenvalue weighted by atomic mass is 79.9. The van der Waals surface area contributed by atoms with Crippen LogP contribution in [0.2, 0.25) is 0 Å². The fraction of sp³-hybridized carbons (Fsp3) is 0.125. The van der Waals surface area contributed by atoms with Crippen LogP contribution in [0.5, 0.6) is 0 Å². The zero-order valence-corrected chi connectivity index (χ0v) is 11.5. The third kappa shape index (κ3) is 2.59. The second-order valence-electron chi connectivity index (χ2n) is 3.29. The van der Waals surface area contributed by atoms with E-state index in [1.165, 1.54) is 12.3 Å². The number of nitrogens with one attached hydrogen (secondary N) is 1. The number of hydrogen-bond acceptors (Lipinski definition) is 7. The van der Waals surface area contributed by atoms with E-state index in [-0.39, 0.29) is 16.7 Å². The normalized spacial score (nSPS) is 11.4. The molecule has 0 amide bonds. The zero-order valence-electron chi connectivity index (χ0n) is 9.08. The molecule has 0 aromatic carbocycles. The summed E-state index contributed by atoms with van der Waals surface area (Å²) in [5.41, 5.74) is 5.52. The molecule has 0 radical (unpaired) electrons. The van der Waals surface area contributed by atoms with E-state index in [1.807, 2.05) is 0 Å². The highest BCUT2D eigenvalue weighted by molar-refractivity contribution is 9.10. The first kappa shape index (κ1) is 12.8. The lowest BCUT2D eigenvalue weighted by atomic mass is 10.5. The summed E-state index contributed by atoms with van der Waals surface area (Å²) < 4.78 is 31.3. The Morgan fingerprint density at radius 1 is 1.50 bits per heavy atom. The van der Waals surface area contributed by atoms with Crippen molar-refractivity contribution in [2.75, 3.05) is 10.5 Å². The monoisotopic (exact) mass is 333 g/mol. The number of rotatable bonds is 3. The van der Waals surface area contributed by atoms with Crippen molar-refractivity contribution < 1.29 is 12.9 Å². The van der Waals surface area contributed by atoms with Crippen molar-refractivity contribution in [2.45, 2.75) is 11.8 Å². The van der Waals surface area contributed by atoms with E-state index < -0.39 is 10.0 Å². The number of pyridine rings is 1. The second-order valence-corrected chi connectivity index (χ2v) is 5.86. The van der Waals surface area contributed by atoms with Gasteiger partial charge in [0.1, 0.15) is 10.7 Å². The molecule has 2 aromatic rings. The second kappa shape index (κ2) is 4.53. The van der Waals surface area contributed by atoms with E-state index in [1.54, 1.807) is 6.92 Å². The van der Waals surface area contributed by atoms with Gasteiger partial charge >= 0.3 is 6.01 Å². The third-order valence-electron chi connectivity index (χ3n) is 1.89. The van der Waals surface area contributed by atoms with Gasteiger partial charge in [-0.2, -0.15) is 4.98 Å². The van der Waals surface area contributed by atoms with Crippen LogP contribution in [-0.4, -0.2) is 23.5 Å². The lowest BCUT2D eigenvalue weighted by molar-refractivity contribution is 0.429. The molecule has 0 aliphatic carbocycles. The largest absolute Gasteiger partial charge is 0.383 e. The molecule has 0 aliphatic heterocycles. The van der Waals surface area contributed by atoms with Gasteiger partial charge in [-0.05, 0) is 28.9 Å². The van der Waals surface area contributed by atoms with Crippen molar-refractivity contribution in [2.24, 2.45) is 0 Å². The number of nitrogens with two attached hydrogens (primary N) is 1. The maximum absolute atomic E-state index is 12.0. The molecule has 0 fully saturated rings. The van der Waals surface area contributed by atoms with E-state index in [9.17, 15) is 8.42 Å². The number of aromatic nitrogens is 3.